The number of rotatable bonds is 1. The fraction of sp³-hybridized carbons (Fsp3) is 0.800. The van der Waals surface area contributed by atoms with Crippen molar-refractivity contribution in [3.63, 3.8) is 0 Å². The largest absolute Gasteiger partial charge is 0.307 e. The summed E-state index contributed by atoms with van der Waals surface area (Å²) in [5, 5.41) is 3.60. The Labute approximate surface area is 68.9 Å². The van der Waals surface area contributed by atoms with E-state index in [-0.39, 0.29) is 0 Å². The summed E-state index contributed by atoms with van der Waals surface area (Å²) in [4.78, 5) is 0. The molecule has 1 heteroatoms. The van der Waals surface area contributed by atoms with Gasteiger partial charge < -0.3 is 5.32 Å². The van der Waals surface area contributed by atoms with E-state index in [0.717, 1.165) is 12.0 Å². The number of hydrogen-bond donors (Lipinski definition) is 1. The van der Waals surface area contributed by atoms with Crippen molar-refractivity contribution < 1.29 is 0 Å². The van der Waals surface area contributed by atoms with E-state index in [1.54, 1.807) is 5.57 Å². The Morgan fingerprint density at radius 1 is 1.45 bits per heavy atom. The van der Waals surface area contributed by atoms with Gasteiger partial charge in [-0.05, 0) is 25.2 Å². The molecule has 1 N–H and O–H groups in total. The SMILES string of the molecule is CC(C)C1=CC2CCC(C1)N2. The van der Waals surface area contributed by atoms with Gasteiger partial charge in [0.1, 0.15) is 0 Å². The maximum Gasteiger partial charge on any atom is 0.0256 e. The molecule has 0 aromatic carbocycles. The zero-order chi connectivity index (χ0) is 7.84. The minimum Gasteiger partial charge on any atom is -0.307 e. The van der Waals surface area contributed by atoms with Crippen LogP contribution in [0.1, 0.15) is 33.1 Å². The summed E-state index contributed by atoms with van der Waals surface area (Å²) in [6.45, 7) is 4.60. The first-order valence-corrected chi connectivity index (χ1v) is 4.72. The molecule has 2 bridgehead atoms. The highest BCUT2D eigenvalue weighted by Crippen LogP contribution is 2.29. The second kappa shape index (κ2) is 2.63. The zero-order valence-electron chi connectivity index (χ0n) is 7.43. The first kappa shape index (κ1) is 7.35. The van der Waals surface area contributed by atoms with Gasteiger partial charge in [-0.25, -0.2) is 0 Å². The predicted octanol–water partition coefficient (Wildman–Crippen LogP) is 2.09. The second-order valence-corrected chi connectivity index (χ2v) is 4.15. The predicted molar refractivity (Wildman–Crippen MR) is 47.5 cm³/mol. The zero-order valence-corrected chi connectivity index (χ0v) is 7.43. The first-order chi connectivity index (χ1) is 5.25. The molecule has 0 radical (unpaired) electrons. The summed E-state index contributed by atoms with van der Waals surface area (Å²) in [6.07, 6.45) is 6.50. The van der Waals surface area contributed by atoms with Crippen LogP contribution in [-0.2, 0) is 0 Å². The lowest BCUT2D eigenvalue weighted by Gasteiger charge is -2.23. The Morgan fingerprint density at radius 3 is 2.91 bits per heavy atom. The van der Waals surface area contributed by atoms with Crippen molar-refractivity contribution in [2.24, 2.45) is 5.92 Å². The van der Waals surface area contributed by atoms with Crippen molar-refractivity contribution in [1.82, 2.24) is 5.32 Å². The Balaban J connectivity index is 2.13. The van der Waals surface area contributed by atoms with Gasteiger partial charge in [-0.1, -0.05) is 25.5 Å². The second-order valence-electron chi connectivity index (χ2n) is 4.15. The lowest BCUT2D eigenvalue weighted by atomic mass is 9.94. The molecular weight excluding hydrogens is 134 g/mol. The van der Waals surface area contributed by atoms with E-state index in [2.05, 4.69) is 25.2 Å². The molecule has 0 spiro atoms. The van der Waals surface area contributed by atoms with Gasteiger partial charge in [-0.15, -0.1) is 0 Å². The van der Waals surface area contributed by atoms with Crippen molar-refractivity contribution >= 4 is 0 Å². The fourth-order valence-corrected chi connectivity index (χ4v) is 2.18. The van der Waals surface area contributed by atoms with Crippen LogP contribution < -0.4 is 5.32 Å². The van der Waals surface area contributed by atoms with Gasteiger partial charge in [0.2, 0.25) is 0 Å². The molecule has 2 unspecified atom stereocenters. The normalized spacial score (nSPS) is 36.1. The van der Waals surface area contributed by atoms with E-state index in [9.17, 15) is 0 Å². The fourth-order valence-electron chi connectivity index (χ4n) is 2.18. The van der Waals surface area contributed by atoms with Gasteiger partial charge in [0.15, 0.2) is 0 Å². The van der Waals surface area contributed by atoms with Crippen LogP contribution in [0.2, 0.25) is 0 Å². The minimum atomic E-state index is 0.714. The number of fused-ring (bicyclic) bond motifs is 2. The quantitative estimate of drug-likeness (QED) is 0.566. The molecule has 0 amide bonds. The molecule has 1 fully saturated rings. The Hall–Kier alpha value is -0.300. The van der Waals surface area contributed by atoms with Gasteiger partial charge in [-0.2, -0.15) is 0 Å². The highest BCUT2D eigenvalue weighted by atomic mass is 15.0. The Morgan fingerprint density at radius 2 is 2.27 bits per heavy atom. The van der Waals surface area contributed by atoms with Gasteiger partial charge >= 0.3 is 0 Å². The first-order valence-electron chi connectivity index (χ1n) is 4.72. The summed E-state index contributed by atoms with van der Waals surface area (Å²) < 4.78 is 0. The molecule has 2 rings (SSSR count). The van der Waals surface area contributed by atoms with Crippen LogP contribution in [-0.4, -0.2) is 12.1 Å². The van der Waals surface area contributed by atoms with E-state index in [1.807, 2.05) is 0 Å². The maximum atomic E-state index is 3.60. The van der Waals surface area contributed by atoms with E-state index in [4.69, 9.17) is 0 Å². The van der Waals surface area contributed by atoms with Crippen molar-refractivity contribution in [2.45, 2.75) is 45.2 Å². The van der Waals surface area contributed by atoms with E-state index in [0.29, 0.717) is 6.04 Å². The van der Waals surface area contributed by atoms with Crippen LogP contribution in [0, 0.1) is 5.92 Å². The van der Waals surface area contributed by atoms with Crippen LogP contribution in [0.3, 0.4) is 0 Å². The third kappa shape index (κ3) is 1.34. The van der Waals surface area contributed by atoms with E-state index < -0.39 is 0 Å². The third-order valence-electron chi connectivity index (χ3n) is 2.91. The molecule has 1 saturated heterocycles. The maximum absolute atomic E-state index is 3.60. The number of nitrogens with one attached hydrogen (secondary N) is 1. The lowest BCUT2D eigenvalue weighted by Crippen LogP contribution is -2.33. The molecule has 1 nitrogen and oxygen atoms in total. The molecule has 62 valence electrons. The molecule has 0 aliphatic carbocycles. The van der Waals surface area contributed by atoms with Crippen LogP contribution in [0.5, 0.6) is 0 Å². The molecule has 0 aromatic rings. The summed E-state index contributed by atoms with van der Waals surface area (Å²) in [7, 11) is 0. The highest BCUT2D eigenvalue weighted by molar-refractivity contribution is 5.18. The molecular formula is C10H17N. The molecule has 2 aliphatic rings. The minimum absolute atomic E-state index is 0.714. The lowest BCUT2D eigenvalue weighted by molar-refractivity contribution is 0.516. The molecule has 0 saturated carbocycles. The Kier molecular flexibility index (Phi) is 1.76. The molecule has 2 atom stereocenters. The van der Waals surface area contributed by atoms with Gasteiger partial charge in [-0.3, -0.25) is 0 Å². The highest BCUT2D eigenvalue weighted by Gasteiger charge is 2.28. The van der Waals surface area contributed by atoms with Crippen molar-refractivity contribution in [3.05, 3.63) is 11.6 Å². The molecule has 2 aliphatic heterocycles. The van der Waals surface area contributed by atoms with Gasteiger partial charge in [0, 0.05) is 12.1 Å². The third-order valence-corrected chi connectivity index (χ3v) is 2.91. The topological polar surface area (TPSA) is 12.0 Å². The van der Waals surface area contributed by atoms with Crippen LogP contribution in [0.25, 0.3) is 0 Å². The van der Waals surface area contributed by atoms with Crippen LogP contribution in [0.15, 0.2) is 11.6 Å². The van der Waals surface area contributed by atoms with Crippen LogP contribution in [0.4, 0.5) is 0 Å². The number of hydrogen-bond acceptors (Lipinski definition) is 1. The summed E-state index contributed by atoms with van der Waals surface area (Å²) >= 11 is 0. The van der Waals surface area contributed by atoms with Gasteiger partial charge in [0.05, 0.1) is 0 Å². The van der Waals surface area contributed by atoms with Crippen molar-refractivity contribution in [2.75, 3.05) is 0 Å². The Bertz CT molecular complexity index is 181. The average molecular weight is 151 g/mol. The summed E-state index contributed by atoms with van der Waals surface area (Å²) in [5.41, 5.74) is 1.68. The average Bonchev–Trinajstić information content (AvgIpc) is 2.30. The summed E-state index contributed by atoms with van der Waals surface area (Å²) in [6, 6.07) is 1.52. The smallest absolute Gasteiger partial charge is 0.0256 e. The molecule has 2 heterocycles. The van der Waals surface area contributed by atoms with Gasteiger partial charge in [0.25, 0.3) is 0 Å². The monoisotopic (exact) mass is 151 g/mol. The van der Waals surface area contributed by atoms with Crippen molar-refractivity contribution in [3.8, 4) is 0 Å². The van der Waals surface area contributed by atoms with E-state index in [1.165, 1.54) is 19.3 Å². The standard InChI is InChI=1S/C10H17N/c1-7(2)8-5-9-3-4-10(6-8)11-9/h5,7,9-11H,3-4,6H2,1-2H3. The van der Waals surface area contributed by atoms with Crippen LogP contribution >= 0.6 is 0 Å². The van der Waals surface area contributed by atoms with E-state index >= 15 is 0 Å². The molecule has 11 heavy (non-hydrogen) atoms. The summed E-state index contributed by atoms with van der Waals surface area (Å²) in [5.74, 6) is 0.764. The molecule has 0 aromatic heterocycles. The van der Waals surface area contributed by atoms with Crippen molar-refractivity contribution in [1.29, 1.82) is 0 Å².